The minimum atomic E-state index is -3.73. The van der Waals surface area contributed by atoms with Crippen molar-refractivity contribution in [2.24, 2.45) is 5.14 Å². The number of nitrogens with one attached hydrogen (secondary N) is 1. The van der Waals surface area contributed by atoms with Crippen LogP contribution in [0.25, 0.3) is 0 Å². The maximum absolute atomic E-state index is 11.1. The first kappa shape index (κ1) is 11.8. The monoisotopic (exact) mass is 229 g/mol. The Balaban J connectivity index is 3.09. The van der Waals surface area contributed by atoms with E-state index in [4.69, 9.17) is 10.9 Å². The van der Waals surface area contributed by atoms with Crippen molar-refractivity contribution in [2.45, 2.75) is 24.8 Å². The van der Waals surface area contributed by atoms with Crippen molar-refractivity contribution in [3.63, 3.8) is 0 Å². The molecule has 15 heavy (non-hydrogen) atoms. The standard InChI is InChI=1S/C9H15N3O2S/c1-6(2)12-7-3-4-9(8(10)5-7)15(11,13)14/h3-6,12H,10H2,1-2H3,(H2,11,13,14). The second kappa shape index (κ2) is 4.08. The van der Waals surface area contributed by atoms with E-state index in [1.54, 1.807) is 12.1 Å². The van der Waals surface area contributed by atoms with Crippen LogP contribution in [0.2, 0.25) is 0 Å². The number of primary sulfonamides is 1. The molecule has 1 aromatic rings. The summed E-state index contributed by atoms with van der Waals surface area (Å²) in [7, 11) is -3.73. The van der Waals surface area contributed by atoms with Crippen LogP contribution in [0.1, 0.15) is 13.8 Å². The van der Waals surface area contributed by atoms with Crippen LogP contribution in [-0.4, -0.2) is 14.5 Å². The molecule has 0 aliphatic heterocycles. The molecule has 6 heteroatoms. The molecule has 5 nitrogen and oxygen atoms in total. The highest BCUT2D eigenvalue weighted by Crippen LogP contribution is 2.21. The number of nitrogen functional groups attached to an aromatic ring is 1. The van der Waals surface area contributed by atoms with Gasteiger partial charge in [-0.15, -0.1) is 0 Å². The summed E-state index contributed by atoms with van der Waals surface area (Å²) < 4.78 is 22.1. The summed E-state index contributed by atoms with van der Waals surface area (Å²) in [4.78, 5) is -0.0446. The van der Waals surface area contributed by atoms with Gasteiger partial charge in [0.2, 0.25) is 10.0 Å². The Morgan fingerprint density at radius 1 is 1.33 bits per heavy atom. The lowest BCUT2D eigenvalue weighted by Crippen LogP contribution is -2.15. The average Bonchev–Trinajstić information content (AvgIpc) is 1.99. The van der Waals surface area contributed by atoms with Gasteiger partial charge in [-0.2, -0.15) is 0 Å². The van der Waals surface area contributed by atoms with E-state index in [1.165, 1.54) is 6.07 Å². The number of sulfonamides is 1. The van der Waals surface area contributed by atoms with Crippen molar-refractivity contribution in [1.29, 1.82) is 0 Å². The molecule has 5 N–H and O–H groups in total. The Kier molecular flexibility index (Phi) is 3.21. The molecule has 0 aromatic heterocycles. The van der Waals surface area contributed by atoms with E-state index >= 15 is 0 Å². The van der Waals surface area contributed by atoms with E-state index in [9.17, 15) is 8.42 Å². The van der Waals surface area contributed by atoms with Crippen LogP contribution in [-0.2, 0) is 10.0 Å². The molecule has 0 bridgehead atoms. The topological polar surface area (TPSA) is 98.2 Å². The van der Waals surface area contributed by atoms with Gasteiger partial charge < -0.3 is 11.1 Å². The highest BCUT2D eigenvalue weighted by Gasteiger charge is 2.12. The first-order valence-corrected chi connectivity index (χ1v) is 6.04. The summed E-state index contributed by atoms with van der Waals surface area (Å²) in [5.74, 6) is 0. The molecule has 0 saturated heterocycles. The molecular formula is C9H15N3O2S. The molecule has 1 rings (SSSR count). The Labute approximate surface area is 89.5 Å². The molecule has 0 aliphatic carbocycles. The summed E-state index contributed by atoms with van der Waals surface area (Å²) in [6.45, 7) is 3.95. The normalized spacial score (nSPS) is 11.7. The predicted molar refractivity (Wildman–Crippen MR) is 61.0 cm³/mol. The third kappa shape index (κ3) is 3.10. The number of hydrogen-bond donors (Lipinski definition) is 3. The highest BCUT2D eigenvalue weighted by atomic mass is 32.2. The zero-order chi connectivity index (χ0) is 11.6. The van der Waals surface area contributed by atoms with Gasteiger partial charge in [-0.25, -0.2) is 13.6 Å². The number of anilines is 2. The molecule has 0 amide bonds. The van der Waals surface area contributed by atoms with Crippen molar-refractivity contribution in [3.05, 3.63) is 18.2 Å². The van der Waals surface area contributed by atoms with Gasteiger partial charge in [0.1, 0.15) is 4.90 Å². The largest absolute Gasteiger partial charge is 0.398 e. The maximum Gasteiger partial charge on any atom is 0.240 e. The average molecular weight is 229 g/mol. The number of rotatable bonds is 3. The van der Waals surface area contributed by atoms with E-state index in [1.807, 2.05) is 13.8 Å². The zero-order valence-electron chi connectivity index (χ0n) is 8.69. The van der Waals surface area contributed by atoms with E-state index < -0.39 is 10.0 Å². The fourth-order valence-corrected chi connectivity index (χ4v) is 1.88. The number of benzene rings is 1. The van der Waals surface area contributed by atoms with Crippen molar-refractivity contribution < 1.29 is 8.42 Å². The second-order valence-corrected chi connectivity index (χ2v) is 5.13. The number of nitrogens with two attached hydrogens (primary N) is 2. The Bertz CT molecular complexity index is 454. The highest BCUT2D eigenvalue weighted by molar-refractivity contribution is 7.89. The van der Waals surface area contributed by atoms with E-state index in [2.05, 4.69) is 5.32 Å². The fourth-order valence-electron chi connectivity index (χ4n) is 1.23. The molecule has 0 aliphatic rings. The van der Waals surface area contributed by atoms with Crippen molar-refractivity contribution >= 4 is 21.4 Å². The lowest BCUT2D eigenvalue weighted by atomic mass is 10.2. The minimum Gasteiger partial charge on any atom is -0.398 e. The Hall–Kier alpha value is -1.27. The first-order valence-electron chi connectivity index (χ1n) is 4.49. The van der Waals surface area contributed by atoms with Crippen molar-refractivity contribution in [3.8, 4) is 0 Å². The lowest BCUT2D eigenvalue weighted by molar-refractivity contribution is 0.598. The molecule has 0 spiro atoms. The summed E-state index contributed by atoms with van der Waals surface area (Å²) in [6, 6.07) is 4.84. The van der Waals surface area contributed by atoms with Gasteiger partial charge in [-0.05, 0) is 32.0 Å². The van der Waals surface area contributed by atoms with Gasteiger partial charge in [0, 0.05) is 11.7 Å². The van der Waals surface area contributed by atoms with Gasteiger partial charge in [0.25, 0.3) is 0 Å². The van der Waals surface area contributed by atoms with Gasteiger partial charge in [-0.1, -0.05) is 0 Å². The van der Waals surface area contributed by atoms with E-state index in [-0.39, 0.29) is 16.6 Å². The molecule has 1 aromatic carbocycles. The molecule has 84 valence electrons. The van der Waals surface area contributed by atoms with Gasteiger partial charge >= 0.3 is 0 Å². The quantitative estimate of drug-likeness (QED) is 0.666. The summed E-state index contributed by atoms with van der Waals surface area (Å²) >= 11 is 0. The minimum absolute atomic E-state index is 0.0446. The van der Waals surface area contributed by atoms with Gasteiger partial charge in [0.05, 0.1) is 5.69 Å². The first-order chi connectivity index (χ1) is 6.80. The molecule has 0 heterocycles. The van der Waals surface area contributed by atoms with E-state index in [0.717, 1.165) is 5.69 Å². The third-order valence-electron chi connectivity index (χ3n) is 1.77. The van der Waals surface area contributed by atoms with E-state index in [0.29, 0.717) is 0 Å². The summed E-state index contributed by atoms with van der Waals surface area (Å²) in [5.41, 5.74) is 6.51. The second-order valence-electron chi connectivity index (χ2n) is 3.60. The zero-order valence-corrected chi connectivity index (χ0v) is 9.51. The fraction of sp³-hybridized carbons (Fsp3) is 0.333. The van der Waals surface area contributed by atoms with Gasteiger partial charge in [-0.3, -0.25) is 0 Å². The lowest BCUT2D eigenvalue weighted by Gasteiger charge is -2.11. The molecule has 0 unspecified atom stereocenters. The molecule has 0 fully saturated rings. The van der Waals surface area contributed by atoms with Crippen LogP contribution in [0.3, 0.4) is 0 Å². The smallest absolute Gasteiger partial charge is 0.240 e. The SMILES string of the molecule is CC(C)Nc1ccc(S(N)(=O)=O)c(N)c1. The Morgan fingerprint density at radius 3 is 2.33 bits per heavy atom. The van der Waals surface area contributed by atoms with Crippen LogP contribution in [0.4, 0.5) is 11.4 Å². The molecule has 0 atom stereocenters. The number of hydrogen-bond acceptors (Lipinski definition) is 4. The van der Waals surface area contributed by atoms with Crippen LogP contribution in [0.5, 0.6) is 0 Å². The van der Waals surface area contributed by atoms with Crippen LogP contribution >= 0.6 is 0 Å². The summed E-state index contributed by atoms with van der Waals surface area (Å²) in [5, 5.41) is 8.09. The van der Waals surface area contributed by atoms with Crippen LogP contribution in [0, 0.1) is 0 Å². The predicted octanol–water partition coefficient (Wildman–Crippen LogP) is 0.737. The van der Waals surface area contributed by atoms with Crippen molar-refractivity contribution in [1.82, 2.24) is 0 Å². The molecular weight excluding hydrogens is 214 g/mol. The molecule has 0 saturated carbocycles. The van der Waals surface area contributed by atoms with Crippen molar-refractivity contribution in [2.75, 3.05) is 11.1 Å². The molecule has 0 radical (unpaired) electrons. The summed E-state index contributed by atoms with van der Waals surface area (Å²) in [6.07, 6.45) is 0. The van der Waals surface area contributed by atoms with Crippen LogP contribution < -0.4 is 16.2 Å². The van der Waals surface area contributed by atoms with Gasteiger partial charge in [0.15, 0.2) is 0 Å². The third-order valence-corrected chi connectivity index (χ3v) is 2.76. The van der Waals surface area contributed by atoms with Crippen LogP contribution in [0.15, 0.2) is 23.1 Å². The Morgan fingerprint density at radius 2 is 1.93 bits per heavy atom. The maximum atomic E-state index is 11.1.